The molecule has 1 aliphatic carbocycles. The quantitative estimate of drug-likeness (QED) is 0.372. The number of nitrogens with one attached hydrogen (secondary N) is 1. The summed E-state index contributed by atoms with van der Waals surface area (Å²) in [6, 6.07) is 7.60. The van der Waals surface area contributed by atoms with Crippen molar-refractivity contribution >= 4 is 12.0 Å². The number of nitrogens with zero attached hydrogens (tertiary/aromatic N) is 5. The Hall–Kier alpha value is -4.21. The number of hydrogen-bond acceptors (Lipinski definition) is 8. The summed E-state index contributed by atoms with van der Waals surface area (Å²) in [5.74, 6) is 3.88. The molecular formula is C26H26N6O4. The van der Waals surface area contributed by atoms with Crippen LogP contribution in [0.4, 0.5) is 0 Å². The molecule has 6 rings (SSSR count). The summed E-state index contributed by atoms with van der Waals surface area (Å²) >= 11 is 0. The highest BCUT2D eigenvalue weighted by atomic mass is 16.5. The summed E-state index contributed by atoms with van der Waals surface area (Å²) in [5, 5.41) is 14.5. The fraction of sp³-hybridized carbons (Fsp3) is 0.346. The molecule has 2 aliphatic rings. The zero-order valence-electron chi connectivity index (χ0n) is 19.9. The lowest BCUT2D eigenvalue weighted by Gasteiger charge is -2.29. The molecule has 3 aromatic heterocycles. The van der Waals surface area contributed by atoms with Gasteiger partial charge in [0.2, 0.25) is 11.7 Å². The van der Waals surface area contributed by atoms with Crippen molar-refractivity contribution < 1.29 is 18.4 Å². The average Bonchev–Trinajstić information content (AvgIpc) is 3.27. The summed E-state index contributed by atoms with van der Waals surface area (Å²) in [6.45, 7) is 3.27. The number of furan rings is 1. The van der Waals surface area contributed by atoms with Crippen molar-refractivity contribution in [1.82, 2.24) is 30.5 Å². The predicted molar refractivity (Wildman–Crippen MR) is 128 cm³/mol. The summed E-state index contributed by atoms with van der Waals surface area (Å²) < 4.78 is 17.4. The second-order valence-electron chi connectivity index (χ2n) is 9.26. The number of aromatic nitrogens is 5. The Bertz CT molecular complexity index is 1390. The molecule has 0 atom stereocenters. The minimum absolute atomic E-state index is 0.0665. The van der Waals surface area contributed by atoms with E-state index in [2.05, 4.69) is 25.6 Å². The summed E-state index contributed by atoms with van der Waals surface area (Å²) in [4.78, 5) is 19.3. The highest BCUT2D eigenvalue weighted by Gasteiger charge is 2.26. The first kappa shape index (κ1) is 22.3. The minimum atomic E-state index is -0.0665. The third-order valence-corrected chi connectivity index (χ3v) is 6.61. The molecule has 0 unspecified atom stereocenters. The molecule has 1 N–H and O–H groups in total. The predicted octanol–water partition coefficient (Wildman–Crippen LogP) is 3.89. The van der Waals surface area contributed by atoms with Crippen molar-refractivity contribution in [1.29, 1.82) is 0 Å². The van der Waals surface area contributed by atoms with Crippen LogP contribution in [-0.2, 0) is 30.8 Å². The molecule has 1 aromatic carbocycles. The molecule has 0 bridgehead atoms. The van der Waals surface area contributed by atoms with Crippen LogP contribution < -0.4 is 4.74 Å². The van der Waals surface area contributed by atoms with Gasteiger partial charge in [-0.1, -0.05) is 0 Å². The second kappa shape index (κ2) is 9.44. The molecule has 1 fully saturated rings. The standard InChI is InChI=1S/C26H26N6O4/c1-16-22(27-24(36-16)11-17-4-5-17)15-35-23-13-19-14-32(25(33)7-6-20-3-2-10-34-20)9-8-18(19)12-21(23)26-28-30-31-29-26/h2-3,6-7,10,12-13,17H,4-5,8-9,11,14-15H2,1H3,(H,28,29,30,31)/b7-6+. The van der Waals surface area contributed by atoms with E-state index in [1.54, 1.807) is 24.5 Å². The highest BCUT2D eigenvalue weighted by molar-refractivity contribution is 5.91. The van der Waals surface area contributed by atoms with E-state index in [-0.39, 0.29) is 12.5 Å². The van der Waals surface area contributed by atoms with Crippen LogP contribution in [0.15, 0.2) is 45.4 Å². The lowest BCUT2D eigenvalue weighted by Crippen LogP contribution is -2.34. The van der Waals surface area contributed by atoms with Crippen LogP contribution in [0.25, 0.3) is 17.5 Å². The molecule has 184 valence electrons. The van der Waals surface area contributed by atoms with Gasteiger partial charge in [-0.3, -0.25) is 4.79 Å². The van der Waals surface area contributed by atoms with Crippen molar-refractivity contribution in [2.45, 2.75) is 45.8 Å². The third-order valence-electron chi connectivity index (χ3n) is 6.61. The lowest BCUT2D eigenvalue weighted by molar-refractivity contribution is -0.126. The van der Waals surface area contributed by atoms with E-state index in [4.69, 9.17) is 13.6 Å². The van der Waals surface area contributed by atoms with Gasteiger partial charge in [0.1, 0.15) is 29.6 Å². The maximum Gasteiger partial charge on any atom is 0.246 e. The maximum absolute atomic E-state index is 12.8. The van der Waals surface area contributed by atoms with Gasteiger partial charge in [-0.05, 0) is 78.8 Å². The molecule has 4 aromatic rings. The Morgan fingerprint density at radius 3 is 3.00 bits per heavy atom. The van der Waals surface area contributed by atoms with Crippen molar-refractivity contribution in [2.75, 3.05) is 6.54 Å². The van der Waals surface area contributed by atoms with Crippen molar-refractivity contribution in [3.63, 3.8) is 0 Å². The first-order valence-electron chi connectivity index (χ1n) is 12.1. The van der Waals surface area contributed by atoms with Crippen molar-refractivity contribution in [3.8, 4) is 17.1 Å². The zero-order chi connectivity index (χ0) is 24.5. The van der Waals surface area contributed by atoms with Crippen LogP contribution in [0.5, 0.6) is 5.75 Å². The monoisotopic (exact) mass is 486 g/mol. The van der Waals surface area contributed by atoms with E-state index in [1.807, 2.05) is 30.0 Å². The number of carbonyl (C=O) groups is 1. The Balaban J connectivity index is 1.22. The second-order valence-corrected chi connectivity index (χ2v) is 9.26. The van der Waals surface area contributed by atoms with E-state index >= 15 is 0 Å². The van der Waals surface area contributed by atoms with Gasteiger partial charge in [-0.25, -0.2) is 4.98 Å². The van der Waals surface area contributed by atoms with Crippen LogP contribution in [0.2, 0.25) is 0 Å². The Kier molecular flexibility index (Phi) is 5.84. The number of ether oxygens (including phenoxy) is 1. The Morgan fingerprint density at radius 2 is 2.22 bits per heavy atom. The van der Waals surface area contributed by atoms with E-state index in [1.165, 1.54) is 12.8 Å². The van der Waals surface area contributed by atoms with Gasteiger partial charge in [-0.15, -0.1) is 10.2 Å². The van der Waals surface area contributed by atoms with Gasteiger partial charge < -0.3 is 18.5 Å². The highest BCUT2D eigenvalue weighted by Crippen LogP contribution is 2.35. The van der Waals surface area contributed by atoms with E-state index in [0.717, 1.165) is 40.5 Å². The Morgan fingerprint density at radius 1 is 1.31 bits per heavy atom. The smallest absolute Gasteiger partial charge is 0.246 e. The number of hydrogen-bond donors (Lipinski definition) is 1. The normalized spacial score (nSPS) is 15.4. The minimum Gasteiger partial charge on any atom is -0.486 e. The molecule has 0 radical (unpaired) electrons. The van der Waals surface area contributed by atoms with E-state index in [9.17, 15) is 4.79 Å². The number of tetrazole rings is 1. The molecule has 1 saturated carbocycles. The molecule has 0 spiro atoms. The fourth-order valence-corrected chi connectivity index (χ4v) is 4.41. The first-order valence-corrected chi connectivity index (χ1v) is 12.1. The van der Waals surface area contributed by atoms with Gasteiger partial charge >= 0.3 is 0 Å². The average molecular weight is 487 g/mol. The summed E-state index contributed by atoms with van der Waals surface area (Å²) in [6.07, 6.45) is 8.90. The van der Waals surface area contributed by atoms with Crippen LogP contribution >= 0.6 is 0 Å². The fourth-order valence-electron chi connectivity index (χ4n) is 4.41. The number of aryl methyl sites for hydroxylation is 1. The van der Waals surface area contributed by atoms with Crippen LogP contribution in [0, 0.1) is 12.8 Å². The number of aromatic amines is 1. The van der Waals surface area contributed by atoms with Crippen LogP contribution in [0.1, 0.15) is 47.1 Å². The number of fused-ring (bicyclic) bond motifs is 1. The van der Waals surface area contributed by atoms with Gasteiger partial charge in [0.15, 0.2) is 5.89 Å². The van der Waals surface area contributed by atoms with Crippen LogP contribution in [-0.4, -0.2) is 43.0 Å². The van der Waals surface area contributed by atoms with E-state index < -0.39 is 0 Å². The number of oxazole rings is 1. The molecule has 1 aliphatic heterocycles. The SMILES string of the molecule is Cc1oc(CC2CC2)nc1COc1cc2c(cc1-c1nn[nH]n1)CCN(C(=O)/C=C/c1ccco1)C2. The van der Waals surface area contributed by atoms with Crippen molar-refractivity contribution in [2.24, 2.45) is 5.92 Å². The zero-order valence-corrected chi connectivity index (χ0v) is 19.9. The van der Waals surface area contributed by atoms with E-state index in [0.29, 0.717) is 42.8 Å². The molecule has 36 heavy (non-hydrogen) atoms. The molecule has 1 amide bonds. The molecule has 4 heterocycles. The summed E-state index contributed by atoms with van der Waals surface area (Å²) in [7, 11) is 0. The molecule has 10 nitrogen and oxygen atoms in total. The number of rotatable bonds is 8. The third kappa shape index (κ3) is 4.79. The summed E-state index contributed by atoms with van der Waals surface area (Å²) in [5.41, 5.74) is 3.68. The van der Waals surface area contributed by atoms with Gasteiger partial charge in [0.05, 0.1) is 11.8 Å². The van der Waals surface area contributed by atoms with Gasteiger partial charge in [-0.2, -0.15) is 5.21 Å². The number of H-pyrrole nitrogens is 1. The number of benzene rings is 1. The molecular weight excluding hydrogens is 460 g/mol. The lowest BCUT2D eigenvalue weighted by atomic mass is 9.96. The topological polar surface area (TPSA) is 123 Å². The molecule has 0 saturated heterocycles. The Labute approximate surface area is 207 Å². The molecule has 10 heteroatoms. The first-order chi connectivity index (χ1) is 17.6. The van der Waals surface area contributed by atoms with Gasteiger partial charge in [0.25, 0.3) is 0 Å². The largest absolute Gasteiger partial charge is 0.486 e. The van der Waals surface area contributed by atoms with Gasteiger partial charge in [0, 0.05) is 25.6 Å². The maximum atomic E-state index is 12.8. The van der Waals surface area contributed by atoms with Crippen molar-refractivity contribution in [3.05, 3.63) is 70.8 Å². The number of carbonyl (C=O) groups excluding carboxylic acids is 1. The number of amides is 1. The van der Waals surface area contributed by atoms with Crippen LogP contribution in [0.3, 0.4) is 0 Å².